The van der Waals surface area contributed by atoms with Gasteiger partial charge in [0, 0.05) is 22.6 Å². The van der Waals surface area contributed by atoms with Gasteiger partial charge in [-0.15, -0.1) is 11.8 Å². The summed E-state index contributed by atoms with van der Waals surface area (Å²) in [5.41, 5.74) is 3.89. The van der Waals surface area contributed by atoms with Crippen molar-refractivity contribution in [2.45, 2.75) is 56.9 Å². The molecule has 0 aliphatic heterocycles. The molecule has 0 bridgehead atoms. The number of nitrogens with zero attached hydrogens (tertiary/aromatic N) is 2. The van der Waals surface area contributed by atoms with Crippen LogP contribution in [0.25, 0.3) is 0 Å². The second kappa shape index (κ2) is 7.38. The van der Waals surface area contributed by atoms with Gasteiger partial charge >= 0.3 is 0 Å². The van der Waals surface area contributed by atoms with E-state index in [4.69, 9.17) is 0 Å². The zero-order valence-corrected chi connectivity index (χ0v) is 15.2. The van der Waals surface area contributed by atoms with Crippen LogP contribution in [-0.2, 0) is 0 Å². The molecule has 0 radical (unpaired) electrons. The fourth-order valence-corrected chi connectivity index (χ4v) is 3.70. The van der Waals surface area contributed by atoms with Gasteiger partial charge in [-0.2, -0.15) is 15.4 Å². The minimum Gasteiger partial charge on any atom is -0.347 e. The van der Waals surface area contributed by atoms with Gasteiger partial charge in [0.1, 0.15) is 0 Å². The molecule has 1 saturated carbocycles. The predicted octanol–water partition coefficient (Wildman–Crippen LogP) is 3.60. The number of benzene rings is 1. The second-order valence-corrected chi connectivity index (χ2v) is 7.56. The van der Waals surface area contributed by atoms with Crippen molar-refractivity contribution in [1.29, 1.82) is 0 Å². The van der Waals surface area contributed by atoms with Crippen molar-refractivity contribution < 1.29 is 4.79 Å². The molecule has 3 rings (SSSR count). The Morgan fingerprint density at radius 3 is 2.79 bits per heavy atom. The molecular formula is C18H24N4OS. The molecule has 1 amide bonds. The van der Waals surface area contributed by atoms with Gasteiger partial charge in [0.25, 0.3) is 5.91 Å². The zero-order chi connectivity index (χ0) is 17.1. The lowest BCUT2D eigenvalue weighted by atomic mass is 10.1. The number of aromatic nitrogens is 3. The molecule has 24 heavy (non-hydrogen) atoms. The number of hydrogen-bond donors (Lipinski definition) is 2. The van der Waals surface area contributed by atoms with Crippen molar-refractivity contribution in [2.75, 3.05) is 5.75 Å². The Kier molecular flexibility index (Phi) is 5.23. The summed E-state index contributed by atoms with van der Waals surface area (Å²) in [6.45, 7) is 6.34. The fourth-order valence-electron chi connectivity index (χ4n) is 2.56. The lowest BCUT2D eigenvalue weighted by Gasteiger charge is -2.16. The molecule has 5 nitrogen and oxygen atoms in total. The van der Waals surface area contributed by atoms with Gasteiger partial charge in [-0.25, -0.2) is 0 Å². The third-order valence-corrected chi connectivity index (χ3v) is 5.67. The van der Waals surface area contributed by atoms with Crippen LogP contribution in [0.3, 0.4) is 0 Å². The van der Waals surface area contributed by atoms with Crippen LogP contribution in [-0.4, -0.2) is 33.1 Å². The molecule has 1 unspecified atom stereocenters. The minimum absolute atomic E-state index is 0.113. The first-order chi connectivity index (χ1) is 11.6. The Morgan fingerprint density at radius 1 is 1.33 bits per heavy atom. The SMILES string of the molecule is CCC(CSc1ccc(C)c(C)c1)NC(=O)c1n[nH]nc1C1CC1. The van der Waals surface area contributed by atoms with Gasteiger partial charge in [-0.05, 0) is 56.4 Å². The summed E-state index contributed by atoms with van der Waals surface area (Å²) in [5.74, 6) is 1.15. The molecule has 1 aromatic carbocycles. The van der Waals surface area contributed by atoms with E-state index in [1.165, 1.54) is 16.0 Å². The van der Waals surface area contributed by atoms with Crippen molar-refractivity contribution >= 4 is 17.7 Å². The first-order valence-corrected chi connectivity index (χ1v) is 9.48. The van der Waals surface area contributed by atoms with E-state index >= 15 is 0 Å². The van der Waals surface area contributed by atoms with Gasteiger partial charge in [0.2, 0.25) is 0 Å². The highest BCUT2D eigenvalue weighted by Crippen LogP contribution is 2.39. The van der Waals surface area contributed by atoms with E-state index < -0.39 is 0 Å². The van der Waals surface area contributed by atoms with E-state index in [1.807, 2.05) is 0 Å². The quantitative estimate of drug-likeness (QED) is 0.753. The first kappa shape index (κ1) is 17.0. The Labute approximate surface area is 147 Å². The maximum absolute atomic E-state index is 12.5. The highest BCUT2D eigenvalue weighted by Gasteiger charge is 2.32. The lowest BCUT2D eigenvalue weighted by molar-refractivity contribution is 0.0934. The summed E-state index contributed by atoms with van der Waals surface area (Å²) < 4.78 is 0. The van der Waals surface area contributed by atoms with Crippen molar-refractivity contribution in [2.24, 2.45) is 0 Å². The fraction of sp³-hybridized carbons (Fsp3) is 0.500. The Bertz CT molecular complexity index is 724. The summed E-state index contributed by atoms with van der Waals surface area (Å²) in [7, 11) is 0. The van der Waals surface area contributed by atoms with E-state index in [0.29, 0.717) is 11.6 Å². The molecule has 2 aromatic rings. The molecule has 1 aliphatic carbocycles. The maximum Gasteiger partial charge on any atom is 0.274 e. The monoisotopic (exact) mass is 344 g/mol. The minimum atomic E-state index is -0.113. The van der Waals surface area contributed by atoms with Crippen LogP contribution in [0.15, 0.2) is 23.1 Å². The number of aromatic amines is 1. The van der Waals surface area contributed by atoms with Crippen LogP contribution in [0.5, 0.6) is 0 Å². The summed E-state index contributed by atoms with van der Waals surface area (Å²) in [6, 6.07) is 6.61. The topological polar surface area (TPSA) is 70.7 Å². The standard InChI is InChI=1S/C18H24N4OS/c1-4-14(10-24-15-8-5-11(2)12(3)9-15)19-18(23)17-16(13-6-7-13)20-22-21-17/h5,8-9,13-14H,4,6-7,10H2,1-3H3,(H,19,23)(H,20,21,22). The Balaban J connectivity index is 1.58. The number of amides is 1. The number of H-pyrrole nitrogens is 1. The van der Waals surface area contributed by atoms with Crippen molar-refractivity contribution in [1.82, 2.24) is 20.7 Å². The number of rotatable bonds is 7. The molecular weight excluding hydrogens is 320 g/mol. The molecule has 0 spiro atoms. The van der Waals surface area contributed by atoms with Gasteiger partial charge in [0.15, 0.2) is 5.69 Å². The van der Waals surface area contributed by atoms with Gasteiger partial charge in [-0.3, -0.25) is 4.79 Å². The van der Waals surface area contributed by atoms with Crippen LogP contribution in [0.2, 0.25) is 0 Å². The van der Waals surface area contributed by atoms with Crippen molar-refractivity contribution in [3.8, 4) is 0 Å². The molecule has 128 valence electrons. The van der Waals surface area contributed by atoms with E-state index in [1.54, 1.807) is 11.8 Å². The summed E-state index contributed by atoms with van der Waals surface area (Å²) in [4.78, 5) is 13.7. The number of aryl methyl sites for hydroxylation is 2. The van der Waals surface area contributed by atoms with Crippen LogP contribution in [0.4, 0.5) is 0 Å². The predicted molar refractivity (Wildman–Crippen MR) is 96.5 cm³/mol. The van der Waals surface area contributed by atoms with E-state index in [2.05, 4.69) is 59.7 Å². The average Bonchev–Trinajstić information content (AvgIpc) is 3.30. The maximum atomic E-state index is 12.5. The van der Waals surface area contributed by atoms with Crippen LogP contribution in [0.1, 0.15) is 59.4 Å². The van der Waals surface area contributed by atoms with Gasteiger partial charge in [-0.1, -0.05) is 13.0 Å². The molecule has 1 heterocycles. The van der Waals surface area contributed by atoms with Crippen LogP contribution < -0.4 is 5.32 Å². The molecule has 2 N–H and O–H groups in total. The number of hydrogen-bond acceptors (Lipinski definition) is 4. The van der Waals surface area contributed by atoms with E-state index in [9.17, 15) is 4.79 Å². The number of thioether (sulfide) groups is 1. The Hall–Kier alpha value is -1.82. The van der Waals surface area contributed by atoms with Crippen LogP contribution >= 0.6 is 11.8 Å². The van der Waals surface area contributed by atoms with Crippen LogP contribution in [0, 0.1) is 13.8 Å². The number of carbonyl (C=O) groups is 1. The summed E-state index contributed by atoms with van der Waals surface area (Å²) in [5, 5.41) is 13.9. The normalized spacial score (nSPS) is 15.3. The van der Waals surface area contributed by atoms with Gasteiger partial charge < -0.3 is 5.32 Å². The summed E-state index contributed by atoms with van der Waals surface area (Å²) >= 11 is 1.78. The molecule has 6 heteroatoms. The van der Waals surface area contributed by atoms with E-state index in [-0.39, 0.29) is 11.9 Å². The smallest absolute Gasteiger partial charge is 0.274 e. The largest absolute Gasteiger partial charge is 0.347 e. The third-order valence-electron chi connectivity index (χ3n) is 4.51. The molecule has 1 aliphatic rings. The highest BCUT2D eigenvalue weighted by molar-refractivity contribution is 7.99. The average molecular weight is 344 g/mol. The molecule has 0 saturated heterocycles. The number of carbonyl (C=O) groups excluding carboxylic acids is 1. The number of nitrogens with one attached hydrogen (secondary N) is 2. The van der Waals surface area contributed by atoms with Crippen molar-refractivity contribution in [3.63, 3.8) is 0 Å². The Morgan fingerprint density at radius 2 is 2.12 bits per heavy atom. The van der Waals surface area contributed by atoms with Gasteiger partial charge in [0.05, 0.1) is 5.69 Å². The van der Waals surface area contributed by atoms with E-state index in [0.717, 1.165) is 30.7 Å². The van der Waals surface area contributed by atoms with Crippen molar-refractivity contribution in [3.05, 3.63) is 40.7 Å². The summed E-state index contributed by atoms with van der Waals surface area (Å²) in [6.07, 6.45) is 3.10. The zero-order valence-electron chi connectivity index (χ0n) is 14.4. The molecule has 1 aromatic heterocycles. The third kappa shape index (κ3) is 3.98. The lowest BCUT2D eigenvalue weighted by Crippen LogP contribution is -2.36. The second-order valence-electron chi connectivity index (χ2n) is 6.47. The molecule has 1 fully saturated rings. The first-order valence-electron chi connectivity index (χ1n) is 8.50. The molecule has 1 atom stereocenters. The highest BCUT2D eigenvalue weighted by atomic mass is 32.2.